The summed E-state index contributed by atoms with van der Waals surface area (Å²) in [5, 5.41) is 21.0. The van der Waals surface area contributed by atoms with E-state index in [1.54, 1.807) is 41.3 Å². The zero-order valence-electron chi connectivity index (χ0n) is 15.1. The zero-order chi connectivity index (χ0) is 19.5. The first-order chi connectivity index (χ1) is 13.7. The predicted molar refractivity (Wildman–Crippen MR) is 102 cm³/mol. The summed E-state index contributed by atoms with van der Waals surface area (Å²) in [6, 6.07) is 10.2. The fourth-order valence-electron chi connectivity index (χ4n) is 3.15. The molecule has 0 saturated carbocycles. The van der Waals surface area contributed by atoms with Gasteiger partial charge in [0.2, 0.25) is 0 Å². The Labute approximate surface area is 160 Å². The van der Waals surface area contributed by atoms with Crippen LogP contribution in [0.2, 0.25) is 0 Å². The maximum Gasteiger partial charge on any atom is 0.170 e. The summed E-state index contributed by atoms with van der Waals surface area (Å²) in [5.41, 5.74) is 3.36. The quantitative estimate of drug-likeness (QED) is 0.536. The molecule has 0 aliphatic rings. The lowest BCUT2D eigenvalue weighted by Crippen LogP contribution is -2.07. The van der Waals surface area contributed by atoms with E-state index in [4.69, 9.17) is 4.74 Å². The molecule has 1 aromatic carbocycles. The molecule has 3 heterocycles. The largest absolute Gasteiger partial charge is 0.496 e. The van der Waals surface area contributed by atoms with Gasteiger partial charge in [-0.3, -0.25) is 9.38 Å². The number of ether oxygens (including phenoxy) is 1. The first-order valence-corrected chi connectivity index (χ1v) is 8.65. The van der Waals surface area contributed by atoms with Crippen LogP contribution in [0.15, 0.2) is 55.1 Å². The van der Waals surface area contributed by atoms with E-state index in [1.165, 1.54) is 13.2 Å². The topological polar surface area (TPSA) is 84.6 Å². The van der Waals surface area contributed by atoms with Crippen molar-refractivity contribution in [3.8, 4) is 16.9 Å². The average molecular weight is 379 g/mol. The highest BCUT2D eigenvalue weighted by Gasteiger charge is 2.14. The number of fused-ring (bicyclic) bond motifs is 1. The van der Waals surface area contributed by atoms with E-state index in [9.17, 15) is 9.50 Å². The molecule has 0 aliphatic heterocycles. The normalized spacial score (nSPS) is 11.0. The molecule has 0 bridgehead atoms. The van der Waals surface area contributed by atoms with Crippen molar-refractivity contribution in [2.75, 3.05) is 12.4 Å². The van der Waals surface area contributed by atoms with E-state index in [1.807, 2.05) is 12.1 Å². The number of rotatable bonds is 6. The van der Waals surface area contributed by atoms with Gasteiger partial charge in [0.1, 0.15) is 23.7 Å². The Kier molecular flexibility index (Phi) is 4.86. The molecular weight excluding hydrogens is 361 g/mol. The van der Waals surface area contributed by atoms with Crippen LogP contribution in [0.4, 0.5) is 10.2 Å². The van der Waals surface area contributed by atoms with Crippen LogP contribution < -0.4 is 10.1 Å². The van der Waals surface area contributed by atoms with E-state index < -0.39 is 0 Å². The minimum Gasteiger partial charge on any atom is -0.496 e. The number of hydrogen-bond donors (Lipinski definition) is 2. The van der Waals surface area contributed by atoms with Crippen molar-refractivity contribution in [3.05, 3.63) is 72.1 Å². The molecule has 0 fully saturated rings. The summed E-state index contributed by atoms with van der Waals surface area (Å²) in [5.74, 6) is 0.835. The fourth-order valence-corrected chi connectivity index (χ4v) is 3.15. The van der Waals surface area contributed by atoms with Crippen molar-refractivity contribution in [2.24, 2.45) is 0 Å². The maximum absolute atomic E-state index is 14.2. The number of anilines is 1. The van der Waals surface area contributed by atoms with Crippen LogP contribution in [0.5, 0.6) is 5.75 Å². The van der Waals surface area contributed by atoms with Crippen molar-refractivity contribution >= 4 is 11.5 Å². The van der Waals surface area contributed by atoms with Crippen molar-refractivity contribution in [1.82, 2.24) is 19.6 Å². The Balaban J connectivity index is 1.71. The molecule has 0 unspecified atom stereocenters. The number of aliphatic hydroxyl groups is 1. The van der Waals surface area contributed by atoms with Gasteiger partial charge in [0.15, 0.2) is 5.65 Å². The zero-order valence-corrected chi connectivity index (χ0v) is 15.1. The van der Waals surface area contributed by atoms with Crippen molar-refractivity contribution < 1.29 is 14.2 Å². The molecule has 0 saturated heterocycles. The summed E-state index contributed by atoms with van der Waals surface area (Å²) in [6.07, 6.45) is 4.90. The number of nitrogens with zero attached hydrogens (tertiary/aromatic N) is 4. The van der Waals surface area contributed by atoms with Gasteiger partial charge in [-0.25, -0.2) is 4.39 Å². The van der Waals surface area contributed by atoms with Gasteiger partial charge in [-0.2, -0.15) is 0 Å². The Morgan fingerprint density at radius 3 is 2.89 bits per heavy atom. The van der Waals surface area contributed by atoms with Gasteiger partial charge in [0, 0.05) is 35.6 Å². The van der Waals surface area contributed by atoms with Crippen molar-refractivity contribution in [2.45, 2.75) is 13.2 Å². The van der Waals surface area contributed by atoms with E-state index in [2.05, 4.69) is 20.5 Å². The smallest absolute Gasteiger partial charge is 0.170 e. The molecule has 4 rings (SSSR count). The standard InChI is InChI=1S/C20H18FN5O2/c1-28-18-4-2-3-17(21)16(18)10-23-19-6-5-14(20-25-24-12-26(19)20)15-9-22-8-7-13(15)11-27/h2-9,12,23,27H,10-11H2,1H3. The molecule has 7 nitrogen and oxygen atoms in total. The molecule has 142 valence electrons. The van der Waals surface area contributed by atoms with Gasteiger partial charge in [-0.1, -0.05) is 6.07 Å². The molecule has 0 spiro atoms. The highest BCUT2D eigenvalue weighted by molar-refractivity contribution is 5.80. The number of aromatic nitrogens is 4. The Morgan fingerprint density at radius 1 is 1.18 bits per heavy atom. The summed E-state index contributed by atoms with van der Waals surface area (Å²) in [7, 11) is 1.51. The summed E-state index contributed by atoms with van der Waals surface area (Å²) >= 11 is 0. The number of methoxy groups -OCH3 is 1. The Morgan fingerprint density at radius 2 is 2.07 bits per heavy atom. The average Bonchev–Trinajstić information content (AvgIpc) is 3.22. The molecule has 2 N–H and O–H groups in total. The van der Waals surface area contributed by atoms with E-state index in [0.29, 0.717) is 22.8 Å². The summed E-state index contributed by atoms with van der Waals surface area (Å²) < 4.78 is 21.2. The second-order valence-corrected chi connectivity index (χ2v) is 6.12. The second kappa shape index (κ2) is 7.61. The molecule has 0 atom stereocenters. The monoisotopic (exact) mass is 379 g/mol. The van der Waals surface area contributed by atoms with Crippen molar-refractivity contribution in [1.29, 1.82) is 0 Å². The summed E-state index contributed by atoms with van der Waals surface area (Å²) in [4.78, 5) is 4.15. The van der Waals surface area contributed by atoms with Gasteiger partial charge in [-0.05, 0) is 35.9 Å². The highest BCUT2D eigenvalue weighted by Crippen LogP contribution is 2.29. The third-order valence-electron chi connectivity index (χ3n) is 4.57. The van der Waals surface area contributed by atoms with E-state index >= 15 is 0 Å². The van der Waals surface area contributed by atoms with Crippen LogP contribution in [0, 0.1) is 5.82 Å². The first-order valence-electron chi connectivity index (χ1n) is 8.65. The number of aliphatic hydroxyl groups excluding tert-OH is 1. The van der Waals surface area contributed by atoms with Crippen LogP contribution in [0.3, 0.4) is 0 Å². The molecule has 3 aromatic heterocycles. The van der Waals surface area contributed by atoms with Crippen LogP contribution >= 0.6 is 0 Å². The molecule has 8 heteroatoms. The van der Waals surface area contributed by atoms with Crippen LogP contribution in [-0.2, 0) is 13.2 Å². The van der Waals surface area contributed by atoms with Gasteiger partial charge >= 0.3 is 0 Å². The van der Waals surface area contributed by atoms with Gasteiger partial charge in [0.25, 0.3) is 0 Å². The predicted octanol–water partition coefficient (Wildman–Crippen LogP) is 3.04. The Bertz CT molecular complexity index is 1130. The molecular formula is C20H18FN5O2. The minimum atomic E-state index is -0.341. The number of hydrogen-bond acceptors (Lipinski definition) is 6. The number of pyridine rings is 2. The highest BCUT2D eigenvalue weighted by atomic mass is 19.1. The van der Waals surface area contributed by atoms with E-state index in [-0.39, 0.29) is 19.0 Å². The van der Waals surface area contributed by atoms with Gasteiger partial charge < -0.3 is 15.2 Å². The number of halogens is 1. The van der Waals surface area contributed by atoms with Crippen LogP contribution in [0.25, 0.3) is 16.8 Å². The molecule has 0 aliphatic carbocycles. The molecule has 4 aromatic rings. The lowest BCUT2D eigenvalue weighted by molar-refractivity contribution is 0.282. The number of nitrogens with one attached hydrogen (secondary N) is 1. The Hall–Kier alpha value is -3.52. The third-order valence-corrected chi connectivity index (χ3v) is 4.57. The lowest BCUT2D eigenvalue weighted by Gasteiger charge is -2.14. The fraction of sp³-hybridized carbons (Fsp3) is 0.150. The molecule has 0 amide bonds. The molecule has 0 radical (unpaired) electrons. The third kappa shape index (κ3) is 3.14. The molecule has 28 heavy (non-hydrogen) atoms. The van der Waals surface area contributed by atoms with Crippen LogP contribution in [0.1, 0.15) is 11.1 Å². The van der Waals surface area contributed by atoms with Crippen molar-refractivity contribution in [3.63, 3.8) is 0 Å². The summed E-state index contributed by atoms with van der Waals surface area (Å²) in [6.45, 7) is 0.127. The minimum absolute atomic E-state index is 0.106. The van der Waals surface area contributed by atoms with Gasteiger partial charge in [-0.15, -0.1) is 10.2 Å². The van der Waals surface area contributed by atoms with Crippen LogP contribution in [-0.4, -0.2) is 31.8 Å². The number of benzene rings is 1. The lowest BCUT2D eigenvalue weighted by atomic mass is 10.0. The first kappa shape index (κ1) is 17.9. The van der Waals surface area contributed by atoms with E-state index in [0.717, 1.165) is 16.7 Å². The SMILES string of the molecule is COc1cccc(F)c1CNc1ccc(-c2cnccc2CO)c2nncn12. The van der Waals surface area contributed by atoms with Gasteiger partial charge in [0.05, 0.1) is 13.7 Å². The second-order valence-electron chi connectivity index (χ2n) is 6.12. The maximum atomic E-state index is 14.2.